The summed E-state index contributed by atoms with van der Waals surface area (Å²) in [5.74, 6) is -0.303. The van der Waals surface area contributed by atoms with Crippen molar-refractivity contribution in [1.82, 2.24) is 14.8 Å². The SMILES string of the molecule is CCc1c(C(=O)N[C@H](C)COC)c(=O)cc(C)n1CCN1CCCCC1. The smallest absolute Gasteiger partial charge is 0.257 e. The number of piperidine rings is 1. The largest absolute Gasteiger partial charge is 0.383 e. The van der Waals surface area contributed by atoms with Crippen molar-refractivity contribution < 1.29 is 9.53 Å². The van der Waals surface area contributed by atoms with E-state index < -0.39 is 0 Å². The van der Waals surface area contributed by atoms with E-state index in [1.54, 1.807) is 13.2 Å². The number of nitrogens with zero attached hydrogens (tertiary/aromatic N) is 2. The van der Waals surface area contributed by atoms with E-state index >= 15 is 0 Å². The molecule has 0 unspecified atom stereocenters. The molecular weight excluding hydrogens is 330 g/mol. The fourth-order valence-electron chi connectivity index (χ4n) is 3.76. The minimum atomic E-state index is -0.303. The molecule has 1 aromatic rings. The van der Waals surface area contributed by atoms with Crippen LogP contribution in [-0.2, 0) is 17.7 Å². The third-order valence-corrected chi connectivity index (χ3v) is 5.07. The zero-order valence-corrected chi connectivity index (χ0v) is 16.6. The molecule has 1 aliphatic heterocycles. The van der Waals surface area contributed by atoms with Crippen LogP contribution in [0, 0.1) is 6.92 Å². The van der Waals surface area contributed by atoms with Crippen LogP contribution in [0.25, 0.3) is 0 Å². The highest BCUT2D eigenvalue weighted by molar-refractivity contribution is 5.95. The van der Waals surface area contributed by atoms with Gasteiger partial charge in [0, 0.05) is 43.7 Å². The van der Waals surface area contributed by atoms with Crippen LogP contribution in [0.1, 0.15) is 54.9 Å². The van der Waals surface area contributed by atoms with Gasteiger partial charge in [0.1, 0.15) is 5.56 Å². The summed E-state index contributed by atoms with van der Waals surface area (Å²) < 4.78 is 7.22. The lowest BCUT2D eigenvalue weighted by molar-refractivity contribution is 0.0902. The first-order valence-electron chi connectivity index (χ1n) is 9.73. The number of likely N-dealkylation sites (tertiary alicyclic amines) is 1. The topological polar surface area (TPSA) is 63.6 Å². The molecule has 6 nitrogen and oxygen atoms in total. The molecule has 2 rings (SSSR count). The molecule has 1 amide bonds. The number of nitrogens with one attached hydrogen (secondary N) is 1. The molecular formula is C20H33N3O3. The van der Waals surface area contributed by atoms with Crippen molar-refractivity contribution in [3.05, 3.63) is 33.2 Å². The normalized spacial score (nSPS) is 16.5. The lowest BCUT2D eigenvalue weighted by Crippen LogP contribution is -2.40. The van der Waals surface area contributed by atoms with Crippen molar-refractivity contribution in [1.29, 1.82) is 0 Å². The maximum absolute atomic E-state index is 12.7. The predicted molar refractivity (Wildman–Crippen MR) is 104 cm³/mol. The van der Waals surface area contributed by atoms with E-state index in [9.17, 15) is 9.59 Å². The van der Waals surface area contributed by atoms with Crippen LogP contribution in [0.15, 0.2) is 10.9 Å². The number of amides is 1. The molecule has 0 aromatic carbocycles. The number of ether oxygens (including phenoxy) is 1. The average Bonchev–Trinajstić information content (AvgIpc) is 2.61. The number of aryl methyl sites for hydroxylation is 1. The monoisotopic (exact) mass is 363 g/mol. The van der Waals surface area contributed by atoms with E-state index in [0.717, 1.165) is 37.6 Å². The number of methoxy groups -OCH3 is 1. The summed E-state index contributed by atoms with van der Waals surface area (Å²) in [7, 11) is 1.60. The Morgan fingerprint density at radius 1 is 1.27 bits per heavy atom. The molecule has 1 N–H and O–H groups in total. The summed E-state index contributed by atoms with van der Waals surface area (Å²) in [5.41, 5.74) is 1.83. The van der Waals surface area contributed by atoms with E-state index in [4.69, 9.17) is 4.74 Å². The minimum absolute atomic E-state index is 0.139. The van der Waals surface area contributed by atoms with Crippen molar-refractivity contribution in [2.45, 2.75) is 59.0 Å². The summed E-state index contributed by atoms with van der Waals surface area (Å²) in [4.78, 5) is 27.7. The Bertz CT molecular complexity index is 663. The van der Waals surface area contributed by atoms with Gasteiger partial charge >= 0.3 is 0 Å². The van der Waals surface area contributed by atoms with Crippen molar-refractivity contribution >= 4 is 5.91 Å². The number of hydrogen-bond donors (Lipinski definition) is 1. The molecule has 1 fully saturated rings. The van der Waals surface area contributed by atoms with Gasteiger partial charge in [-0.05, 0) is 46.2 Å². The summed E-state index contributed by atoms with van der Waals surface area (Å²) in [5, 5.41) is 2.88. The maximum Gasteiger partial charge on any atom is 0.257 e. The highest BCUT2D eigenvalue weighted by Gasteiger charge is 2.21. The predicted octanol–water partition coefficient (Wildman–Crippen LogP) is 1.97. The summed E-state index contributed by atoms with van der Waals surface area (Å²) >= 11 is 0. The molecule has 0 aliphatic carbocycles. The summed E-state index contributed by atoms with van der Waals surface area (Å²) in [6.07, 6.45) is 4.49. The number of aromatic nitrogens is 1. The molecule has 0 spiro atoms. The van der Waals surface area contributed by atoms with Gasteiger partial charge in [-0.2, -0.15) is 0 Å². The van der Waals surface area contributed by atoms with Crippen molar-refractivity contribution in [2.24, 2.45) is 0 Å². The number of hydrogen-bond acceptors (Lipinski definition) is 4. The fraction of sp³-hybridized carbons (Fsp3) is 0.700. The first kappa shape index (κ1) is 20.6. The standard InChI is InChI=1S/C20H33N3O3/c1-5-17-19(20(25)21-15(2)14-26-4)18(24)13-16(3)23(17)12-11-22-9-7-6-8-10-22/h13,15H,5-12,14H2,1-4H3,(H,21,25)/t15-/m1/s1. The van der Waals surface area contributed by atoms with Crippen LogP contribution >= 0.6 is 0 Å². The first-order chi connectivity index (χ1) is 12.5. The quantitative estimate of drug-likeness (QED) is 0.767. The van der Waals surface area contributed by atoms with Gasteiger partial charge in [0.25, 0.3) is 5.91 Å². The fourth-order valence-corrected chi connectivity index (χ4v) is 3.76. The van der Waals surface area contributed by atoms with Crippen LogP contribution in [-0.4, -0.2) is 54.8 Å². The van der Waals surface area contributed by atoms with Gasteiger partial charge in [0.2, 0.25) is 0 Å². The van der Waals surface area contributed by atoms with Crippen molar-refractivity contribution in [3.8, 4) is 0 Å². The number of carbonyl (C=O) groups excluding carboxylic acids is 1. The number of rotatable bonds is 8. The second kappa shape index (κ2) is 9.88. The maximum atomic E-state index is 12.7. The van der Waals surface area contributed by atoms with Crippen molar-refractivity contribution in [3.63, 3.8) is 0 Å². The van der Waals surface area contributed by atoms with Gasteiger partial charge in [0.05, 0.1) is 6.61 Å². The van der Waals surface area contributed by atoms with E-state index in [2.05, 4.69) is 14.8 Å². The Morgan fingerprint density at radius 2 is 1.96 bits per heavy atom. The molecule has 0 bridgehead atoms. The van der Waals surface area contributed by atoms with E-state index in [1.165, 1.54) is 19.3 Å². The molecule has 2 heterocycles. The third kappa shape index (κ3) is 5.17. The Hall–Kier alpha value is -1.66. The average molecular weight is 364 g/mol. The molecule has 146 valence electrons. The summed E-state index contributed by atoms with van der Waals surface area (Å²) in [6.45, 7) is 10.3. The number of pyridine rings is 1. The Kier molecular flexibility index (Phi) is 7.85. The van der Waals surface area contributed by atoms with Gasteiger partial charge in [-0.3, -0.25) is 9.59 Å². The van der Waals surface area contributed by atoms with E-state index in [-0.39, 0.29) is 22.9 Å². The molecule has 0 saturated carbocycles. The van der Waals surface area contributed by atoms with Gasteiger partial charge in [-0.15, -0.1) is 0 Å². The highest BCUT2D eigenvalue weighted by Crippen LogP contribution is 2.13. The number of carbonyl (C=O) groups is 1. The first-order valence-corrected chi connectivity index (χ1v) is 9.73. The molecule has 6 heteroatoms. The summed E-state index contributed by atoms with van der Waals surface area (Å²) in [6, 6.07) is 1.45. The second-order valence-corrected chi connectivity index (χ2v) is 7.21. The lowest BCUT2D eigenvalue weighted by Gasteiger charge is -2.28. The van der Waals surface area contributed by atoms with E-state index in [0.29, 0.717) is 13.0 Å². The van der Waals surface area contributed by atoms with Gasteiger partial charge in [-0.1, -0.05) is 13.3 Å². The van der Waals surface area contributed by atoms with Crippen LogP contribution in [0.4, 0.5) is 0 Å². The molecule has 0 radical (unpaired) electrons. The van der Waals surface area contributed by atoms with Crippen LogP contribution in [0.2, 0.25) is 0 Å². The Morgan fingerprint density at radius 3 is 2.58 bits per heavy atom. The Balaban J connectivity index is 2.24. The molecule has 1 aromatic heterocycles. The molecule has 1 aliphatic rings. The van der Waals surface area contributed by atoms with Crippen LogP contribution < -0.4 is 10.7 Å². The van der Waals surface area contributed by atoms with Gasteiger partial charge in [0.15, 0.2) is 5.43 Å². The second-order valence-electron chi connectivity index (χ2n) is 7.21. The third-order valence-electron chi connectivity index (χ3n) is 5.07. The molecule has 1 atom stereocenters. The van der Waals surface area contributed by atoms with Gasteiger partial charge in [-0.25, -0.2) is 0 Å². The van der Waals surface area contributed by atoms with Crippen molar-refractivity contribution in [2.75, 3.05) is 33.4 Å². The van der Waals surface area contributed by atoms with E-state index in [1.807, 2.05) is 20.8 Å². The van der Waals surface area contributed by atoms with Crippen LogP contribution in [0.5, 0.6) is 0 Å². The lowest BCUT2D eigenvalue weighted by atomic mass is 10.1. The molecule has 1 saturated heterocycles. The zero-order valence-electron chi connectivity index (χ0n) is 16.6. The van der Waals surface area contributed by atoms with Gasteiger partial charge < -0.3 is 19.5 Å². The minimum Gasteiger partial charge on any atom is -0.383 e. The van der Waals surface area contributed by atoms with Crippen LogP contribution in [0.3, 0.4) is 0 Å². The highest BCUT2D eigenvalue weighted by atomic mass is 16.5. The Labute approximate surface area is 156 Å². The zero-order chi connectivity index (χ0) is 19.1. The molecule has 26 heavy (non-hydrogen) atoms.